The number of nitrogens with zero attached hydrogens (tertiary/aromatic N) is 1. The van der Waals surface area contributed by atoms with Gasteiger partial charge in [0.25, 0.3) is 0 Å². The molecule has 1 aromatic heterocycles. The molecule has 0 bridgehead atoms. The Labute approximate surface area is 92.4 Å². The molecule has 0 aliphatic carbocycles. The molecule has 0 fully saturated rings. The van der Waals surface area contributed by atoms with Crippen molar-refractivity contribution in [3.05, 3.63) is 40.6 Å². The third-order valence-corrected chi connectivity index (χ3v) is 2.91. The van der Waals surface area contributed by atoms with Crippen LogP contribution >= 0.6 is 11.3 Å². The van der Waals surface area contributed by atoms with Crippen LogP contribution in [0.4, 0.5) is 0 Å². The second-order valence-corrected chi connectivity index (χ2v) is 3.79. The van der Waals surface area contributed by atoms with E-state index in [4.69, 9.17) is 10.00 Å². The number of thiophene rings is 1. The molecule has 74 valence electrons. The van der Waals surface area contributed by atoms with Gasteiger partial charge in [0.15, 0.2) is 0 Å². The minimum atomic E-state index is 0.716. The summed E-state index contributed by atoms with van der Waals surface area (Å²) in [7, 11) is 1.64. The van der Waals surface area contributed by atoms with Crippen LogP contribution in [0.2, 0.25) is 0 Å². The van der Waals surface area contributed by atoms with Gasteiger partial charge in [-0.05, 0) is 23.1 Å². The summed E-state index contributed by atoms with van der Waals surface area (Å²) in [6.45, 7) is 0. The van der Waals surface area contributed by atoms with E-state index >= 15 is 0 Å². The van der Waals surface area contributed by atoms with Crippen molar-refractivity contribution in [3.63, 3.8) is 0 Å². The molecule has 3 heteroatoms. The molecule has 1 heterocycles. The first-order chi connectivity index (χ1) is 7.35. The van der Waals surface area contributed by atoms with Crippen LogP contribution < -0.4 is 4.74 Å². The predicted molar refractivity (Wildman–Crippen MR) is 61.0 cm³/mol. The molecular formula is C12H9NOS. The zero-order valence-corrected chi connectivity index (χ0v) is 9.04. The molecule has 2 aromatic rings. The molecule has 0 radical (unpaired) electrons. The van der Waals surface area contributed by atoms with Crippen LogP contribution in [0.1, 0.15) is 5.56 Å². The van der Waals surface area contributed by atoms with E-state index in [-0.39, 0.29) is 0 Å². The first-order valence-electron chi connectivity index (χ1n) is 4.46. The SMILES string of the molecule is COc1cccc(-c2cscc2C#N)c1. The summed E-state index contributed by atoms with van der Waals surface area (Å²) in [4.78, 5) is 0. The van der Waals surface area contributed by atoms with Crippen molar-refractivity contribution in [3.8, 4) is 22.9 Å². The van der Waals surface area contributed by atoms with Gasteiger partial charge in [-0.2, -0.15) is 16.6 Å². The zero-order chi connectivity index (χ0) is 10.7. The van der Waals surface area contributed by atoms with Crippen molar-refractivity contribution in [1.82, 2.24) is 0 Å². The fourth-order valence-corrected chi connectivity index (χ4v) is 2.18. The maximum Gasteiger partial charge on any atom is 0.119 e. The standard InChI is InChI=1S/C12H9NOS/c1-14-11-4-2-3-9(5-11)12-8-15-7-10(12)6-13/h2-5,7-8H,1H3. The van der Waals surface area contributed by atoms with Crippen molar-refractivity contribution < 1.29 is 4.74 Å². The molecule has 0 aliphatic heterocycles. The number of hydrogen-bond acceptors (Lipinski definition) is 3. The molecule has 2 nitrogen and oxygen atoms in total. The van der Waals surface area contributed by atoms with Crippen molar-refractivity contribution >= 4 is 11.3 Å². The summed E-state index contributed by atoms with van der Waals surface area (Å²) in [6, 6.07) is 9.91. The highest BCUT2D eigenvalue weighted by Gasteiger charge is 2.06. The Balaban J connectivity index is 2.50. The molecule has 15 heavy (non-hydrogen) atoms. The number of methoxy groups -OCH3 is 1. The topological polar surface area (TPSA) is 33.0 Å². The van der Waals surface area contributed by atoms with Crippen LogP contribution in [-0.4, -0.2) is 7.11 Å². The van der Waals surface area contributed by atoms with Gasteiger partial charge in [-0.3, -0.25) is 0 Å². The van der Waals surface area contributed by atoms with Crippen LogP contribution in [0.3, 0.4) is 0 Å². The summed E-state index contributed by atoms with van der Waals surface area (Å²) in [6.07, 6.45) is 0. The van der Waals surface area contributed by atoms with Crippen LogP contribution in [0, 0.1) is 11.3 Å². The van der Waals surface area contributed by atoms with E-state index in [0.29, 0.717) is 5.56 Å². The second kappa shape index (κ2) is 4.16. The Morgan fingerprint density at radius 2 is 2.20 bits per heavy atom. The summed E-state index contributed by atoms with van der Waals surface area (Å²) in [5.74, 6) is 0.808. The molecule has 0 aliphatic rings. The largest absolute Gasteiger partial charge is 0.497 e. The molecule has 1 aromatic carbocycles. The second-order valence-electron chi connectivity index (χ2n) is 3.04. The van der Waals surface area contributed by atoms with Crippen LogP contribution in [0.5, 0.6) is 5.75 Å². The lowest BCUT2D eigenvalue weighted by molar-refractivity contribution is 0.415. The Morgan fingerprint density at radius 1 is 1.33 bits per heavy atom. The fraction of sp³-hybridized carbons (Fsp3) is 0.0833. The maximum absolute atomic E-state index is 8.92. The van der Waals surface area contributed by atoms with E-state index in [2.05, 4.69) is 6.07 Å². The van der Waals surface area contributed by atoms with Gasteiger partial charge in [0, 0.05) is 10.9 Å². The van der Waals surface area contributed by atoms with E-state index in [9.17, 15) is 0 Å². The normalized spacial score (nSPS) is 9.60. The van der Waals surface area contributed by atoms with E-state index in [1.54, 1.807) is 7.11 Å². The number of rotatable bonds is 2. The van der Waals surface area contributed by atoms with Gasteiger partial charge in [-0.25, -0.2) is 0 Å². The first kappa shape index (κ1) is 9.75. The van der Waals surface area contributed by atoms with E-state index in [1.165, 1.54) is 11.3 Å². The minimum Gasteiger partial charge on any atom is -0.497 e. The smallest absolute Gasteiger partial charge is 0.119 e. The van der Waals surface area contributed by atoms with Gasteiger partial charge in [0.05, 0.1) is 12.7 Å². The van der Waals surface area contributed by atoms with E-state index in [0.717, 1.165) is 16.9 Å². The van der Waals surface area contributed by atoms with Crippen LogP contribution in [0.15, 0.2) is 35.0 Å². The molecule has 0 unspecified atom stereocenters. The molecule has 0 saturated heterocycles. The zero-order valence-electron chi connectivity index (χ0n) is 8.23. The lowest BCUT2D eigenvalue weighted by Crippen LogP contribution is -1.83. The summed E-state index contributed by atoms with van der Waals surface area (Å²) < 4.78 is 5.15. The Hall–Kier alpha value is -1.79. The van der Waals surface area contributed by atoms with Gasteiger partial charge >= 0.3 is 0 Å². The Kier molecular flexibility index (Phi) is 2.70. The summed E-state index contributed by atoms with van der Waals surface area (Å²) in [5.41, 5.74) is 2.71. The molecule has 0 saturated carbocycles. The van der Waals surface area contributed by atoms with Crippen molar-refractivity contribution in [2.75, 3.05) is 7.11 Å². The maximum atomic E-state index is 8.92. The lowest BCUT2D eigenvalue weighted by Gasteiger charge is -2.02. The molecule has 0 atom stereocenters. The van der Waals surface area contributed by atoms with E-state index < -0.39 is 0 Å². The number of ether oxygens (including phenoxy) is 1. The molecule has 0 N–H and O–H groups in total. The highest BCUT2D eigenvalue weighted by atomic mass is 32.1. The summed E-state index contributed by atoms with van der Waals surface area (Å²) >= 11 is 1.54. The number of hydrogen-bond donors (Lipinski definition) is 0. The average molecular weight is 215 g/mol. The van der Waals surface area contributed by atoms with Gasteiger partial charge < -0.3 is 4.74 Å². The minimum absolute atomic E-state index is 0.716. The van der Waals surface area contributed by atoms with Gasteiger partial charge in [-0.15, -0.1) is 0 Å². The van der Waals surface area contributed by atoms with E-state index in [1.807, 2.05) is 35.0 Å². The third-order valence-electron chi connectivity index (χ3n) is 2.16. The third kappa shape index (κ3) is 1.85. The van der Waals surface area contributed by atoms with Gasteiger partial charge in [-0.1, -0.05) is 12.1 Å². The van der Waals surface area contributed by atoms with Gasteiger partial charge in [0.1, 0.15) is 11.8 Å². The highest BCUT2D eigenvalue weighted by molar-refractivity contribution is 7.08. The highest BCUT2D eigenvalue weighted by Crippen LogP contribution is 2.29. The quantitative estimate of drug-likeness (QED) is 0.770. The van der Waals surface area contributed by atoms with Gasteiger partial charge in [0.2, 0.25) is 0 Å². The average Bonchev–Trinajstić information content (AvgIpc) is 2.77. The summed E-state index contributed by atoms with van der Waals surface area (Å²) in [5, 5.41) is 12.8. The lowest BCUT2D eigenvalue weighted by atomic mass is 10.1. The number of nitriles is 1. The Bertz CT molecular complexity index is 510. The molecule has 0 amide bonds. The molecule has 2 rings (SSSR count). The van der Waals surface area contributed by atoms with Crippen molar-refractivity contribution in [2.24, 2.45) is 0 Å². The van der Waals surface area contributed by atoms with Crippen molar-refractivity contribution in [2.45, 2.75) is 0 Å². The molecule has 0 spiro atoms. The van der Waals surface area contributed by atoms with Crippen LogP contribution in [0.25, 0.3) is 11.1 Å². The fourth-order valence-electron chi connectivity index (χ4n) is 1.40. The monoisotopic (exact) mass is 215 g/mol. The Morgan fingerprint density at radius 3 is 2.93 bits per heavy atom. The molecular weight excluding hydrogens is 206 g/mol. The van der Waals surface area contributed by atoms with Crippen molar-refractivity contribution in [1.29, 1.82) is 5.26 Å². The van der Waals surface area contributed by atoms with Crippen LogP contribution in [-0.2, 0) is 0 Å². The predicted octanol–water partition coefficient (Wildman–Crippen LogP) is 3.30. The number of benzene rings is 1. The first-order valence-corrected chi connectivity index (χ1v) is 5.40.